The van der Waals surface area contributed by atoms with Crippen LogP contribution < -0.4 is 10.6 Å². The van der Waals surface area contributed by atoms with Crippen LogP contribution in [0.3, 0.4) is 0 Å². The Hall–Kier alpha value is -0.650. The molecular weight excluding hydrogens is 208 g/mol. The van der Waals surface area contributed by atoms with Crippen LogP contribution in [0.1, 0.15) is 26.7 Å². The number of hydrogen-bond acceptors (Lipinski definition) is 4. The summed E-state index contributed by atoms with van der Waals surface area (Å²) >= 11 is 0. The van der Waals surface area contributed by atoms with Crippen LogP contribution in [0.4, 0.5) is 0 Å². The summed E-state index contributed by atoms with van der Waals surface area (Å²) in [6, 6.07) is 0. The quantitative estimate of drug-likeness (QED) is 0.545. The van der Waals surface area contributed by atoms with Crippen molar-refractivity contribution >= 4 is 5.91 Å². The zero-order valence-corrected chi connectivity index (χ0v) is 10.1. The van der Waals surface area contributed by atoms with E-state index in [1.807, 2.05) is 13.8 Å². The lowest BCUT2D eigenvalue weighted by Gasteiger charge is -2.26. The molecule has 5 heteroatoms. The van der Waals surface area contributed by atoms with Crippen LogP contribution in [0.25, 0.3) is 0 Å². The van der Waals surface area contributed by atoms with Crippen molar-refractivity contribution in [2.75, 3.05) is 26.2 Å². The zero-order chi connectivity index (χ0) is 12.0. The second-order valence-corrected chi connectivity index (χ2v) is 4.25. The lowest BCUT2D eigenvalue weighted by atomic mass is 9.97. The molecule has 1 saturated heterocycles. The Bertz CT molecular complexity index is 235. The van der Waals surface area contributed by atoms with Crippen LogP contribution in [0.2, 0.25) is 0 Å². The summed E-state index contributed by atoms with van der Waals surface area (Å²) in [7, 11) is 0. The van der Waals surface area contributed by atoms with Crippen LogP contribution in [-0.2, 0) is 9.53 Å². The first-order chi connectivity index (χ1) is 7.58. The number of rotatable bonds is 6. The number of amides is 1. The van der Waals surface area contributed by atoms with Gasteiger partial charge in [0.25, 0.3) is 0 Å². The van der Waals surface area contributed by atoms with E-state index in [4.69, 9.17) is 4.74 Å². The van der Waals surface area contributed by atoms with Gasteiger partial charge in [0, 0.05) is 39.1 Å². The van der Waals surface area contributed by atoms with Crippen molar-refractivity contribution in [2.45, 2.75) is 38.4 Å². The van der Waals surface area contributed by atoms with Crippen LogP contribution >= 0.6 is 0 Å². The molecule has 0 aromatic rings. The Morgan fingerprint density at radius 3 is 2.94 bits per heavy atom. The summed E-state index contributed by atoms with van der Waals surface area (Å²) < 4.78 is 5.32. The number of aliphatic hydroxyl groups is 1. The molecule has 1 amide bonds. The summed E-state index contributed by atoms with van der Waals surface area (Å²) in [5, 5.41) is 16.0. The highest BCUT2D eigenvalue weighted by atomic mass is 16.5. The minimum absolute atomic E-state index is 0.0395. The largest absolute Gasteiger partial charge is 0.386 e. The fraction of sp³-hybridized carbons (Fsp3) is 0.909. The molecule has 0 spiro atoms. The highest BCUT2D eigenvalue weighted by Gasteiger charge is 2.38. The van der Waals surface area contributed by atoms with Crippen LogP contribution in [0.15, 0.2) is 0 Å². The van der Waals surface area contributed by atoms with Gasteiger partial charge in [-0.05, 0) is 13.8 Å². The third-order valence-electron chi connectivity index (χ3n) is 2.99. The Morgan fingerprint density at radius 2 is 2.38 bits per heavy atom. The maximum atomic E-state index is 11.1. The predicted molar refractivity (Wildman–Crippen MR) is 61.2 cm³/mol. The van der Waals surface area contributed by atoms with E-state index in [1.54, 1.807) is 0 Å². The van der Waals surface area contributed by atoms with E-state index < -0.39 is 5.60 Å². The van der Waals surface area contributed by atoms with Crippen molar-refractivity contribution in [1.82, 2.24) is 10.6 Å². The molecule has 3 N–H and O–H groups in total. The molecule has 1 fully saturated rings. The standard InChI is InChI=1S/C11H22N2O3/c1-3-13-10(14)4-6-12-8-11(15)5-7-16-9(11)2/h9,12,15H,3-8H2,1-2H3,(H,13,14). The number of nitrogens with one attached hydrogen (secondary N) is 2. The summed E-state index contributed by atoms with van der Waals surface area (Å²) in [5.74, 6) is 0.0395. The highest BCUT2D eigenvalue weighted by Crippen LogP contribution is 2.24. The molecule has 16 heavy (non-hydrogen) atoms. The van der Waals surface area contributed by atoms with Gasteiger partial charge in [0.05, 0.1) is 6.10 Å². The van der Waals surface area contributed by atoms with E-state index in [2.05, 4.69) is 10.6 Å². The molecule has 0 aromatic carbocycles. The molecule has 0 aliphatic carbocycles. The number of carbonyl (C=O) groups is 1. The van der Waals surface area contributed by atoms with Gasteiger partial charge >= 0.3 is 0 Å². The molecule has 5 nitrogen and oxygen atoms in total. The van der Waals surface area contributed by atoms with Crippen molar-refractivity contribution in [3.63, 3.8) is 0 Å². The van der Waals surface area contributed by atoms with E-state index in [0.717, 1.165) is 0 Å². The number of carbonyl (C=O) groups excluding carboxylic acids is 1. The monoisotopic (exact) mass is 230 g/mol. The molecule has 0 saturated carbocycles. The average Bonchev–Trinajstić information content (AvgIpc) is 2.55. The molecule has 94 valence electrons. The first-order valence-corrected chi connectivity index (χ1v) is 5.90. The van der Waals surface area contributed by atoms with Crippen molar-refractivity contribution in [2.24, 2.45) is 0 Å². The third kappa shape index (κ3) is 3.73. The summed E-state index contributed by atoms with van der Waals surface area (Å²) in [6.07, 6.45) is 0.964. The minimum atomic E-state index is -0.777. The fourth-order valence-electron chi connectivity index (χ4n) is 1.80. The van der Waals surface area contributed by atoms with Gasteiger partial charge in [-0.3, -0.25) is 4.79 Å². The first-order valence-electron chi connectivity index (χ1n) is 5.90. The maximum absolute atomic E-state index is 11.1. The van der Waals surface area contributed by atoms with E-state index >= 15 is 0 Å². The van der Waals surface area contributed by atoms with E-state index in [9.17, 15) is 9.90 Å². The molecule has 0 aromatic heterocycles. The Kier molecular flexibility index (Phi) is 5.18. The molecule has 1 aliphatic heterocycles. The van der Waals surface area contributed by atoms with Gasteiger partial charge in [0.2, 0.25) is 5.91 Å². The van der Waals surface area contributed by atoms with Crippen molar-refractivity contribution in [3.8, 4) is 0 Å². The van der Waals surface area contributed by atoms with E-state index in [-0.39, 0.29) is 12.0 Å². The lowest BCUT2D eigenvalue weighted by molar-refractivity contribution is -0.120. The second kappa shape index (κ2) is 6.18. The lowest BCUT2D eigenvalue weighted by Crippen LogP contribution is -2.46. The number of ether oxygens (including phenoxy) is 1. The molecule has 1 aliphatic rings. The predicted octanol–water partition coefficient (Wildman–Crippen LogP) is -0.358. The topological polar surface area (TPSA) is 70.6 Å². The van der Waals surface area contributed by atoms with Gasteiger partial charge in [0.1, 0.15) is 5.60 Å². The Morgan fingerprint density at radius 1 is 1.62 bits per heavy atom. The average molecular weight is 230 g/mol. The Balaban J connectivity index is 2.13. The van der Waals surface area contributed by atoms with Crippen molar-refractivity contribution in [3.05, 3.63) is 0 Å². The zero-order valence-electron chi connectivity index (χ0n) is 10.1. The fourth-order valence-corrected chi connectivity index (χ4v) is 1.80. The van der Waals surface area contributed by atoms with Gasteiger partial charge in [0.15, 0.2) is 0 Å². The minimum Gasteiger partial charge on any atom is -0.386 e. The highest BCUT2D eigenvalue weighted by molar-refractivity contribution is 5.75. The molecule has 0 bridgehead atoms. The molecular formula is C11H22N2O3. The summed E-state index contributed by atoms with van der Waals surface area (Å²) in [5.41, 5.74) is -0.777. The molecule has 1 heterocycles. The van der Waals surface area contributed by atoms with E-state index in [0.29, 0.717) is 39.1 Å². The molecule has 2 unspecified atom stereocenters. The maximum Gasteiger partial charge on any atom is 0.221 e. The van der Waals surface area contributed by atoms with Crippen molar-refractivity contribution < 1.29 is 14.6 Å². The molecule has 2 atom stereocenters. The second-order valence-electron chi connectivity index (χ2n) is 4.25. The van der Waals surface area contributed by atoms with Crippen LogP contribution in [0, 0.1) is 0 Å². The van der Waals surface area contributed by atoms with E-state index in [1.165, 1.54) is 0 Å². The van der Waals surface area contributed by atoms with Gasteiger partial charge in [-0.15, -0.1) is 0 Å². The summed E-state index contributed by atoms with van der Waals surface area (Å²) in [4.78, 5) is 11.1. The Labute approximate surface area is 96.6 Å². The van der Waals surface area contributed by atoms with Crippen LogP contribution in [-0.4, -0.2) is 49.0 Å². The summed E-state index contributed by atoms with van der Waals surface area (Å²) in [6.45, 7) is 6.10. The van der Waals surface area contributed by atoms with Crippen molar-refractivity contribution in [1.29, 1.82) is 0 Å². The van der Waals surface area contributed by atoms with Gasteiger partial charge < -0.3 is 20.5 Å². The number of hydrogen-bond donors (Lipinski definition) is 3. The molecule has 1 rings (SSSR count). The van der Waals surface area contributed by atoms with Crippen LogP contribution in [0.5, 0.6) is 0 Å². The third-order valence-corrected chi connectivity index (χ3v) is 2.99. The van der Waals surface area contributed by atoms with Gasteiger partial charge in [-0.2, -0.15) is 0 Å². The normalized spacial score (nSPS) is 29.3. The molecule has 0 radical (unpaired) electrons. The van der Waals surface area contributed by atoms with Gasteiger partial charge in [-0.1, -0.05) is 0 Å². The van der Waals surface area contributed by atoms with Gasteiger partial charge in [-0.25, -0.2) is 0 Å². The first kappa shape index (κ1) is 13.4. The smallest absolute Gasteiger partial charge is 0.221 e. The SMILES string of the molecule is CCNC(=O)CCNCC1(O)CCOC1C.